The van der Waals surface area contributed by atoms with E-state index in [0.29, 0.717) is 36.3 Å². The summed E-state index contributed by atoms with van der Waals surface area (Å²) in [5, 5.41) is 4.05. The summed E-state index contributed by atoms with van der Waals surface area (Å²) >= 11 is 0. The van der Waals surface area contributed by atoms with Crippen LogP contribution in [0.3, 0.4) is 0 Å². The molecule has 3 amide bonds. The lowest BCUT2D eigenvalue weighted by Gasteiger charge is -2.15. The molecule has 6 nitrogen and oxygen atoms in total. The highest BCUT2D eigenvalue weighted by Gasteiger charge is 2.36. The van der Waals surface area contributed by atoms with E-state index in [1.54, 1.807) is 12.1 Å². The summed E-state index contributed by atoms with van der Waals surface area (Å²) in [5.74, 6) is -0.686. The predicted octanol–water partition coefficient (Wildman–Crippen LogP) is 3.32. The van der Waals surface area contributed by atoms with Crippen LogP contribution in [0.1, 0.15) is 44.9 Å². The Kier molecular flexibility index (Phi) is 4.92. The number of nitrogens with one attached hydrogen (secondary N) is 1. The average Bonchev–Trinajstić information content (AvgIpc) is 3.22. The number of carbonyl (C=O) groups excluding carboxylic acids is 3. The van der Waals surface area contributed by atoms with Crippen molar-refractivity contribution in [3.8, 4) is 0 Å². The van der Waals surface area contributed by atoms with Crippen LogP contribution in [0.5, 0.6) is 0 Å². The van der Waals surface area contributed by atoms with Gasteiger partial charge in [0.15, 0.2) is 0 Å². The molecule has 0 aliphatic carbocycles. The van der Waals surface area contributed by atoms with Gasteiger partial charge in [-0.2, -0.15) is 0 Å². The van der Waals surface area contributed by atoms with Crippen LogP contribution in [-0.4, -0.2) is 40.3 Å². The number of hydrogen-bond acceptors (Lipinski definition) is 3. The Morgan fingerprint density at radius 1 is 1.00 bits per heavy atom. The number of nitrogens with zero attached hydrogens (tertiary/aromatic N) is 2. The Morgan fingerprint density at radius 2 is 1.76 bits per heavy atom. The van der Waals surface area contributed by atoms with Gasteiger partial charge in [0.05, 0.1) is 11.1 Å². The topological polar surface area (TPSA) is 71.4 Å². The lowest BCUT2D eigenvalue weighted by molar-refractivity contribution is 0.0636. The van der Waals surface area contributed by atoms with Gasteiger partial charge in [-0.15, -0.1) is 0 Å². The second kappa shape index (κ2) is 7.54. The minimum Gasteiger partial charge on any atom is -0.350 e. The minimum atomic E-state index is -0.327. The molecular weight excluding hydrogens is 366 g/mol. The number of para-hydroxylation sites is 1. The Labute approximate surface area is 169 Å². The van der Waals surface area contributed by atoms with Gasteiger partial charge >= 0.3 is 0 Å². The van der Waals surface area contributed by atoms with Gasteiger partial charge in [0.2, 0.25) is 0 Å². The number of fused-ring (bicyclic) bond motifs is 2. The number of carbonyl (C=O) groups is 3. The molecule has 0 saturated heterocycles. The highest BCUT2D eigenvalue weighted by molar-refractivity contribution is 6.22. The van der Waals surface area contributed by atoms with Crippen molar-refractivity contribution in [2.24, 2.45) is 5.92 Å². The zero-order valence-electron chi connectivity index (χ0n) is 16.5. The highest BCUT2D eigenvalue weighted by atomic mass is 16.2. The van der Waals surface area contributed by atoms with E-state index in [9.17, 15) is 14.4 Å². The molecule has 1 N–H and O–H groups in total. The molecule has 1 aliphatic heterocycles. The van der Waals surface area contributed by atoms with Gasteiger partial charge in [0.25, 0.3) is 17.7 Å². The zero-order chi connectivity index (χ0) is 20.5. The van der Waals surface area contributed by atoms with E-state index in [-0.39, 0.29) is 23.6 Å². The largest absolute Gasteiger partial charge is 0.350 e. The molecule has 6 heteroatoms. The Morgan fingerprint density at radius 3 is 2.55 bits per heavy atom. The Hall–Kier alpha value is -3.41. The van der Waals surface area contributed by atoms with Gasteiger partial charge in [-0.05, 0) is 41.6 Å². The third kappa shape index (κ3) is 3.53. The van der Waals surface area contributed by atoms with Crippen LogP contribution in [0.2, 0.25) is 0 Å². The normalized spacial score (nSPS) is 13.4. The molecule has 2 heterocycles. The maximum absolute atomic E-state index is 12.6. The van der Waals surface area contributed by atoms with Gasteiger partial charge in [0.1, 0.15) is 0 Å². The van der Waals surface area contributed by atoms with Crippen LogP contribution in [0, 0.1) is 5.92 Å². The number of hydrogen-bond donors (Lipinski definition) is 1. The van der Waals surface area contributed by atoms with Crippen LogP contribution in [-0.2, 0) is 6.54 Å². The van der Waals surface area contributed by atoms with E-state index in [0.717, 1.165) is 10.9 Å². The summed E-state index contributed by atoms with van der Waals surface area (Å²) in [6, 6.07) is 14.8. The molecule has 1 aliphatic rings. The van der Waals surface area contributed by atoms with E-state index >= 15 is 0 Å². The maximum atomic E-state index is 12.6. The molecule has 29 heavy (non-hydrogen) atoms. The van der Waals surface area contributed by atoms with Gasteiger partial charge in [-0.25, -0.2) is 0 Å². The van der Waals surface area contributed by atoms with E-state index in [4.69, 9.17) is 0 Å². The molecule has 0 fully saturated rings. The SMILES string of the molecule is CC(C)CN1C(=O)c2ccc(C(=O)NCCn3ccc4ccccc43)cc2C1=O. The molecule has 4 rings (SSSR count). The summed E-state index contributed by atoms with van der Waals surface area (Å²) in [7, 11) is 0. The van der Waals surface area contributed by atoms with E-state index in [1.807, 2.05) is 44.3 Å². The summed E-state index contributed by atoms with van der Waals surface area (Å²) < 4.78 is 2.09. The molecule has 3 aromatic rings. The molecule has 0 spiro atoms. The van der Waals surface area contributed by atoms with Gasteiger partial charge in [0, 0.05) is 36.9 Å². The van der Waals surface area contributed by atoms with E-state index < -0.39 is 0 Å². The Balaban J connectivity index is 1.43. The minimum absolute atomic E-state index is 0.185. The fourth-order valence-electron chi connectivity index (χ4n) is 3.69. The molecule has 148 valence electrons. The summed E-state index contributed by atoms with van der Waals surface area (Å²) in [5.41, 5.74) is 2.17. The van der Waals surface area contributed by atoms with Crippen LogP contribution >= 0.6 is 0 Å². The van der Waals surface area contributed by atoms with Crippen molar-refractivity contribution in [3.05, 3.63) is 71.4 Å². The third-order valence-electron chi connectivity index (χ3n) is 5.10. The fraction of sp³-hybridized carbons (Fsp3) is 0.261. The smallest absolute Gasteiger partial charge is 0.261 e. The van der Waals surface area contributed by atoms with Gasteiger partial charge in [-0.1, -0.05) is 32.0 Å². The van der Waals surface area contributed by atoms with Gasteiger partial charge in [-0.3, -0.25) is 19.3 Å². The zero-order valence-corrected chi connectivity index (χ0v) is 16.5. The molecule has 0 radical (unpaired) electrons. The number of aromatic nitrogens is 1. The molecule has 0 bridgehead atoms. The first-order valence-corrected chi connectivity index (χ1v) is 9.78. The fourth-order valence-corrected chi connectivity index (χ4v) is 3.69. The lowest BCUT2D eigenvalue weighted by atomic mass is 10.1. The summed E-state index contributed by atoms with van der Waals surface area (Å²) in [6.45, 7) is 5.39. The molecule has 1 aromatic heterocycles. The molecule has 0 unspecified atom stereocenters. The van der Waals surface area contributed by atoms with Crippen LogP contribution in [0.25, 0.3) is 10.9 Å². The second-order valence-corrected chi connectivity index (χ2v) is 7.70. The number of amides is 3. The monoisotopic (exact) mass is 389 g/mol. The summed E-state index contributed by atoms with van der Waals surface area (Å²) in [4.78, 5) is 38.8. The number of benzene rings is 2. The first-order valence-electron chi connectivity index (χ1n) is 9.78. The molecular formula is C23H23N3O3. The van der Waals surface area contributed by atoms with Gasteiger partial charge < -0.3 is 9.88 Å². The van der Waals surface area contributed by atoms with Crippen LogP contribution in [0.4, 0.5) is 0 Å². The highest BCUT2D eigenvalue weighted by Crippen LogP contribution is 2.25. The molecule has 0 saturated carbocycles. The number of imide groups is 1. The van der Waals surface area contributed by atoms with Crippen molar-refractivity contribution < 1.29 is 14.4 Å². The second-order valence-electron chi connectivity index (χ2n) is 7.70. The third-order valence-corrected chi connectivity index (χ3v) is 5.10. The molecule has 2 aromatic carbocycles. The van der Waals surface area contributed by atoms with Crippen LogP contribution in [0.15, 0.2) is 54.7 Å². The average molecular weight is 389 g/mol. The van der Waals surface area contributed by atoms with Crippen molar-refractivity contribution >= 4 is 28.6 Å². The van der Waals surface area contributed by atoms with Crippen molar-refractivity contribution in [1.29, 1.82) is 0 Å². The van der Waals surface area contributed by atoms with E-state index in [1.165, 1.54) is 11.0 Å². The van der Waals surface area contributed by atoms with Crippen molar-refractivity contribution in [3.63, 3.8) is 0 Å². The van der Waals surface area contributed by atoms with Crippen LogP contribution < -0.4 is 5.32 Å². The quantitative estimate of drug-likeness (QED) is 0.658. The van der Waals surface area contributed by atoms with E-state index in [2.05, 4.69) is 16.0 Å². The predicted molar refractivity (Wildman–Crippen MR) is 111 cm³/mol. The van der Waals surface area contributed by atoms with Crippen molar-refractivity contribution in [2.45, 2.75) is 20.4 Å². The van der Waals surface area contributed by atoms with Crippen molar-refractivity contribution in [2.75, 3.05) is 13.1 Å². The maximum Gasteiger partial charge on any atom is 0.261 e. The Bertz CT molecular complexity index is 1110. The summed E-state index contributed by atoms with van der Waals surface area (Å²) in [6.07, 6.45) is 2.00. The first kappa shape index (κ1) is 18.9. The standard InChI is InChI=1S/C23H23N3O3/c1-15(2)14-26-22(28)18-8-7-17(13-19(18)23(26)29)21(27)24-10-12-25-11-9-16-5-3-4-6-20(16)25/h3-9,11,13,15H,10,12,14H2,1-2H3,(H,24,27). The molecule has 0 atom stereocenters. The van der Waals surface area contributed by atoms with Crippen molar-refractivity contribution in [1.82, 2.24) is 14.8 Å². The first-order chi connectivity index (χ1) is 14.0. The number of rotatable bonds is 6. The lowest BCUT2D eigenvalue weighted by Crippen LogP contribution is -2.33.